The van der Waals surface area contributed by atoms with Crippen LogP contribution in [-0.4, -0.2) is 59.2 Å². The van der Waals surface area contributed by atoms with Gasteiger partial charge in [-0.3, -0.25) is 9.80 Å². The quantitative estimate of drug-likeness (QED) is 0.767. The van der Waals surface area contributed by atoms with Gasteiger partial charge >= 0.3 is 7.12 Å². The first-order chi connectivity index (χ1) is 9.36. The van der Waals surface area contributed by atoms with Gasteiger partial charge < -0.3 is 10.0 Å². The molecule has 0 saturated carbocycles. The van der Waals surface area contributed by atoms with Crippen LogP contribution >= 0.6 is 0 Å². The lowest BCUT2D eigenvalue weighted by molar-refractivity contribution is 0.0556. The fourth-order valence-electron chi connectivity index (χ4n) is 2.82. The Hall–Kier alpha value is -0.945. The first kappa shape index (κ1) is 15.4. The van der Waals surface area contributed by atoms with Crippen molar-refractivity contribution in [2.45, 2.75) is 32.5 Å². The summed E-state index contributed by atoms with van der Waals surface area (Å²) in [6.07, 6.45) is 0. The van der Waals surface area contributed by atoms with E-state index in [1.54, 1.807) is 6.07 Å². The molecule has 1 aliphatic rings. The first-order valence-electron chi connectivity index (χ1n) is 6.96. The predicted molar refractivity (Wildman–Crippen MR) is 78.2 cm³/mol. The Morgan fingerprint density at radius 2 is 1.80 bits per heavy atom. The van der Waals surface area contributed by atoms with Gasteiger partial charge in [0.15, 0.2) is 0 Å². The third-order valence-corrected chi connectivity index (χ3v) is 4.12. The van der Waals surface area contributed by atoms with E-state index in [2.05, 4.69) is 30.7 Å². The Balaban J connectivity index is 2.10. The van der Waals surface area contributed by atoms with E-state index in [1.165, 1.54) is 6.07 Å². The maximum atomic E-state index is 13.5. The van der Waals surface area contributed by atoms with Gasteiger partial charge in [0, 0.05) is 31.7 Å². The van der Waals surface area contributed by atoms with Gasteiger partial charge in [-0.25, -0.2) is 4.39 Å². The lowest BCUT2D eigenvalue weighted by atomic mass is 9.79. The molecule has 0 aliphatic carbocycles. The fourth-order valence-corrected chi connectivity index (χ4v) is 2.82. The van der Waals surface area contributed by atoms with Crippen molar-refractivity contribution in [1.82, 2.24) is 9.80 Å². The molecule has 0 aromatic heterocycles. The van der Waals surface area contributed by atoms with Crippen molar-refractivity contribution in [1.29, 1.82) is 0 Å². The Bertz CT molecular complexity index is 460. The van der Waals surface area contributed by atoms with Crippen LogP contribution in [-0.2, 0) is 6.54 Å². The molecule has 0 bridgehead atoms. The summed E-state index contributed by atoms with van der Waals surface area (Å²) < 4.78 is 13.5. The fraction of sp³-hybridized carbons (Fsp3) is 0.571. The highest BCUT2D eigenvalue weighted by molar-refractivity contribution is 6.58. The highest BCUT2D eigenvalue weighted by atomic mass is 19.1. The zero-order valence-electron chi connectivity index (χ0n) is 12.3. The lowest BCUT2D eigenvalue weighted by Gasteiger charge is -2.42. The predicted octanol–water partition coefficient (Wildman–Crippen LogP) is 0.0299. The third-order valence-electron chi connectivity index (χ3n) is 4.12. The van der Waals surface area contributed by atoms with Gasteiger partial charge in [-0.1, -0.05) is 6.07 Å². The number of hydrogen-bond donors (Lipinski definition) is 2. The van der Waals surface area contributed by atoms with Gasteiger partial charge in [-0.15, -0.1) is 0 Å². The summed E-state index contributed by atoms with van der Waals surface area (Å²) in [5, 5.41) is 18.3. The van der Waals surface area contributed by atoms with Crippen LogP contribution in [0.4, 0.5) is 4.39 Å². The number of rotatable bonds is 3. The summed E-state index contributed by atoms with van der Waals surface area (Å²) in [6.45, 7) is 6.83. The molecule has 20 heavy (non-hydrogen) atoms. The minimum Gasteiger partial charge on any atom is -0.423 e. The summed E-state index contributed by atoms with van der Waals surface area (Å²) in [5.74, 6) is -0.430. The Kier molecular flexibility index (Phi) is 4.80. The van der Waals surface area contributed by atoms with E-state index in [1.807, 2.05) is 0 Å². The maximum Gasteiger partial charge on any atom is 0.488 e. The molecule has 2 unspecified atom stereocenters. The van der Waals surface area contributed by atoms with E-state index in [0.29, 0.717) is 18.6 Å². The van der Waals surface area contributed by atoms with E-state index in [0.717, 1.165) is 24.7 Å². The van der Waals surface area contributed by atoms with Crippen LogP contribution in [0.25, 0.3) is 0 Å². The zero-order valence-corrected chi connectivity index (χ0v) is 12.3. The molecule has 0 spiro atoms. The third kappa shape index (κ3) is 3.58. The Morgan fingerprint density at radius 3 is 2.35 bits per heavy atom. The van der Waals surface area contributed by atoms with Gasteiger partial charge in [-0.2, -0.15) is 0 Å². The minimum absolute atomic E-state index is 0.204. The number of benzene rings is 1. The van der Waals surface area contributed by atoms with Crippen molar-refractivity contribution in [3.05, 3.63) is 29.6 Å². The Morgan fingerprint density at radius 1 is 1.20 bits per heavy atom. The molecule has 1 saturated heterocycles. The summed E-state index contributed by atoms with van der Waals surface area (Å²) in [5.41, 5.74) is 0.979. The first-order valence-corrected chi connectivity index (χ1v) is 6.96. The van der Waals surface area contributed by atoms with E-state index >= 15 is 0 Å². The standard InChI is InChI=1S/C14H22BFN2O2/c1-10-7-18(8-11(2)17(10)3)9-12-4-13(15(19)20)6-14(16)5-12/h4-6,10-11,19-20H,7-9H2,1-3H3. The molecular weight excluding hydrogens is 258 g/mol. The number of piperazine rings is 1. The van der Waals surface area contributed by atoms with Crippen LogP contribution < -0.4 is 5.46 Å². The summed E-state index contributed by atoms with van der Waals surface area (Å²) >= 11 is 0. The van der Waals surface area contributed by atoms with E-state index < -0.39 is 12.9 Å². The summed E-state index contributed by atoms with van der Waals surface area (Å²) in [7, 11) is 0.490. The highest BCUT2D eigenvalue weighted by Gasteiger charge is 2.26. The number of halogens is 1. The molecule has 1 aromatic carbocycles. The van der Waals surface area contributed by atoms with E-state index in [-0.39, 0.29) is 5.46 Å². The smallest absolute Gasteiger partial charge is 0.423 e. The molecule has 2 N–H and O–H groups in total. The average Bonchev–Trinajstić information content (AvgIpc) is 2.35. The molecule has 0 radical (unpaired) electrons. The van der Waals surface area contributed by atoms with Gasteiger partial charge in [-0.05, 0) is 44.1 Å². The SMILES string of the molecule is CC1CN(Cc2cc(F)cc(B(O)O)c2)CC(C)N1C. The topological polar surface area (TPSA) is 46.9 Å². The molecule has 1 fully saturated rings. The number of hydrogen-bond acceptors (Lipinski definition) is 4. The molecule has 110 valence electrons. The Labute approximate surface area is 120 Å². The van der Waals surface area contributed by atoms with Gasteiger partial charge in [0.25, 0.3) is 0 Å². The monoisotopic (exact) mass is 280 g/mol. The average molecular weight is 280 g/mol. The molecule has 1 heterocycles. The highest BCUT2D eigenvalue weighted by Crippen LogP contribution is 2.16. The second-order valence-electron chi connectivity index (χ2n) is 5.82. The van der Waals surface area contributed by atoms with Crippen molar-refractivity contribution >= 4 is 12.6 Å². The van der Waals surface area contributed by atoms with Crippen molar-refractivity contribution in [2.24, 2.45) is 0 Å². The van der Waals surface area contributed by atoms with Crippen LogP contribution in [0.15, 0.2) is 18.2 Å². The largest absolute Gasteiger partial charge is 0.488 e. The summed E-state index contributed by atoms with van der Waals surface area (Å²) in [4.78, 5) is 4.61. The molecule has 4 nitrogen and oxygen atoms in total. The summed E-state index contributed by atoms with van der Waals surface area (Å²) in [6, 6.07) is 5.18. The van der Waals surface area contributed by atoms with Gasteiger partial charge in [0.2, 0.25) is 0 Å². The van der Waals surface area contributed by atoms with Gasteiger partial charge in [0.1, 0.15) is 5.82 Å². The molecular formula is C14H22BFN2O2. The van der Waals surface area contributed by atoms with Crippen LogP contribution in [0.5, 0.6) is 0 Å². The van der Waals surface area contributed by atoms with Crippen LogP contribution in [0, 0.1) is 5.82 Å². The molecule has 1 aliphatic heterocycles. The van der Waals surface area contributed by atoms with E-state index in [4.69, 9.17) is 10.0 Å². The molecule has 0 amide bonds. The molecule has 1 aromatic rings. The number of likely N-dealkylation sites (N-methyl/N-ethyl adjacent to an activating group) is 1. The van der Waals surface area contributed by atoms with Gasteiger partial charge in [0.05, 0.1) is 0 Å². The molecule has 2 atom stereocenters. The normalized spacial score (nSPS) is 24.9. The maximum absolute atomic E-state index is 13.5. The van der Waals surface area contributed by atoms with E-state index in [9.17, 15) is 4.39 Å². The van der Waals surface area contributed by atoms with Crippen LogP contribution in [0.2, 0.25) is 0 Å². The van der Waals surface area contributed by atoms with Crippen molar-refractivity contribution in [3.8, 4) is 0 Å². The second kappa shape index (κ2) is 6.22. The van der Waals surface area contributed by atoms with Crippen LogP contribution in [0.3, 0.4) is 0 Å². The lowest BCUT2D eigenvalue weighted by Crippen LogP contribution is -2.54. The van der Waals surface area contributed by atoms with Crippen molar-refractivity contribution < 1.29 is 14.4 Å². The zero-order chi connectivity index (χ0) is 14.9. The van der Waals surface area contributed by atoms with Crippen molar-refractivity contribution in [3.63, 3.8) is 0 Å². The number of nitrogens with zero attached hydrogens (tertiary/aromatic N) is 2. The minimum atomic E-state index is -1.63. The molecule has 6 heteroatoms. The second-order valence-corrected chi connectivity index (χ2v) is 5.82. The molecule has 2 rings (SSSR count). The van der Waals surface area contributed by atoms with Crippen LogP contribution in [0.1, 0.15) is 19.4 Å². The van der Waals surface area contributed by atoms with Crippen molar-refractivity contribution in [2.75, 3.05) is 20.1 Å².